The third-order valence-corrected chi connectivity index (χ3v) is 7.39. The van der Waals surface area contributed by atoms with Gasteiger partial charge in [-0.05, 0) is 97.7 Å². The second-order valence-electron chi connectivity index (χ2n) is 10.1. The molecule has 0 saturated heterocycles. The molecule has 3 aromatic rings. The molecular formula is C33H38F2O2. The molecular weight excluding hydrogens is 466 g/mol. The smallest absolute Gasteiger partial charge is 0.201 e. The van der Waals surface area contributed by atoms with E-state index in [9.17, 15) is 8.78 Å². The van der Waals surface area contributed by atoms with E-state index in [1.165, 1.54) is 48.3 Å². The van der Waals surface area contributed by atoms with E-state index in [-0.39, 0.29) is 11.7 Å². The zero-order valence-corrected chi connectivity index (χ0v) is 22.0. The van der Waals surface area contributed by atoms with Crippen LogP contribution in [0.25, 0.3) is 11.1 Å². The molecule has 0 amide bonds. The maximum atomic E-state index is 14.7. The van der Waals surface area contributed by atoms with Crippen molar-refractivity contribution in [3.63, 3.8) is 0 Å². The molecule has 0 aliphatic heterocycles. The Kier molecular flexibility index (Phi) is 9.76. The summed E-state index contributed by atoms with van der Waals surface area (Å²) in [5.41, 5.74) is 4.25. The Morgan fingerprint density at radius 3 is 2.14 bits per heavy atom. The number of ether oxygens (including phenoxy) is 2. The third-order valence-electron chi connectivity index (χ3n) is 7.39. The Hall–Kier alpha value is -3.14. The fourth-order valence-corrected chi connectivity index (χ4v) is 5.14. The summed E-state index contributed by atoms with van der Waals surface area (Å²) in [6.07, 6.45) is 11.4. The fourth-order valence-electron chi connectivity index (χ4n) is 5.14. The first kappa shape index (κ1) is 26.9. The minimum absolute atomic E-state index is 0.0267. The van der Waals surface area contributed by atoms with Crippen LogP contribution in [-0.4, -0.2) is 6.61 Å². The van der Waals surface area contributed by atoms with Crippen LogP contribution < -0.4 is 9.47 Å². The average molecular weight is 505 g/mol. The van der Waals surface area contributed by atoms with E-state index in [1.54, 1.807) is 19.1 Å². The number of aryl methyl sites for hydroxylation is 1. The number of halogens is 2. The first-order valence-electron chi connectivity index (χ1n) is 13.7. The van der Waals surface area contributed by atoms with Crippen LogP contribution in [0.1, 0.15) is 75.8 Å². The van der Waals surface area contributed by atoms with Crippen molar-refractivity contribution in [2.75, 3.05) is 6.61 Å². The van der Waals surface area contributed by atoms with Gasteiger partial charge in [0.15, 0.2) is 11.6 Å². The minimum atomic E-state index is -0.910. The standard InChI is InChI=1S/C33H38F2O2/c1-3-5-6-7-24-8-12-26(13-9-24)27-16-18-29(19-17-27)37-23-25-10-14-28(15-11-25)30-20-21-31(36-22-4-2)33(35)32(30)34/h4,8-9,12-13,16-22,25,28H,3,5-7,10-11,14-15,23H2,1-2H3. The lowest BCUT2D eigenvalue weighted by Gasteiger charge is -2.29. The van der Waals surface area contributed by atoms with Gasteiger partial charge in [0, 0.05) is 0 Å². The largest absolute Gasteiger partial charge is 0.493 e. The summed E-state index contributed by atoms with van der Waals surface area (Å²) in [7, 11) is 0. The summed E-state index contributed by atoms with van der Waals surface area (Å²) in [6.45, 7) is 4.64. The second-order valence-corrected chi connectivity index (χ2v) is 10.1. The van der Waals surface area contributed by atoms with Gasteiger partial charge >= 0.3 is 0 Å². The van der Waals surface area contributed by atoms with Gasteiger partial charge in [-0.2, -0.15) is 4.39 Å². The highest BCUT2D eigenvalue weighted by Gasteiger charge is 2.27. The summed E-state index contributed by atoms with van der Waals surface area (Å²) in [5.74, 6) is -0.459. The summed E-state index contributed by atoms with van der Waals surface area (Å²) < 4.78 is 40.3. The lowest BCUT2D eigenvalue weighted by atomic mass is 9.79. The van der Waals surface area contributed by atoms with E-state index in [2.05, 4.69) is 43.3 Å². The quantitative estimate of drug-likeness (QED) is 0.191. The summed E-state index contributed by atoms with van der Waals surface area (Å²) in [6, 6.07) is 20.3. The fraction of sp³-hybridized carbons (Fsp3) is 0.394. The van der Waals surface area contributed by atoms with Crippen LogP contribution in [0.15, 0.2) is 73.0 Å². The molecule has 0 radical (unpaired) electrons. The van der Waals surface area contributed by atoms with Crippen LogP contribution in [0.5, 0.6) is 11.5 Å². The zero-order valence-electron chi connectivity index (χ0n) is 22.0. The first-order chi connectivity index (χ1) is 18.1. The highest BCUT2D eigenvalue weighted by atomic mass is 19.2. The molecule has 0 N–H and O–H groups in total. The Balaban J connectivity index is 1.25. The molecule has 1 aliphatic carbocycles. The zero-order chi connectivity index (χ0) is 26.0. The summed E-state index contributed by atoms with van der Waals surface area (Å²) in [5, 5.41) is 0. The van der Waals surface area contributed by atoms with Gasteiger partial charge in [-0.1, -0.05) is 68.3 Å². The molecule has 3 aromatic carbocycles. The molecule has 4 heteroatoms. The van der Waals surface area contributed by atoms with Crippen molar-refractivity contribution in [1.29, 1.82) is 0 Å². The van der Waals surface area contributed by atoms with E-state index in [0.29, 0.717) is 18.1 Å². The maximum Gasteiger partial charge on any atom is 0.201 e. The molecule has 0 spiro atoms. The predicted octanol–water partition coefficient (Wildman–Crippen LogP) is 9.63. The van der Waals surface area contributed by atoms with Crippen LogP contribution >= 0.6 is 0 Å². The van der Waals surface area contributed by atoms with Gasteiger partial charge in [0.25, 0.3) is 0 Å². The molecule has 1 saturated carbocycles. The molecule has 1 fully saturated rings. The van der Waals surface area contributed by atoms with Crippen LogP contribution in [0.4, 0.5) is 8.78 Å². The average Bonchev–Trinajstić information content (AvgIpc) is 2.94. The summed E-state index contributed by atoms with van der Waals surface area (Å²) >= 11 is 0. The Morgan fingerprint density at radius 1 is 0.811 bits per heavy atom. The SMILES string of the molecule is CC=COc1ccc(C2CCC(COc3ccc(-c4ccc(CCCCC)cc4)cc3)CC2)c(F)c1F. The van der Waals surface area contributed by atoms with Gasteiger partial charge in [-0.25, -0.2) is 4.39 Å². The topological polar surface area (TPSA) is 18.5 Å². The van der Waals surface area contributed by atoms with Gasteiger partial charge in [0.05, 0.1) is 12.9 Å². The molecule has 2 nitrogen and oxygen atoms in total. The van der Waals surface area contributed by atoms with Crippen LogP contribution in [0, 0.1) is 17.6 Å². The van der Waals surface area contributed by atoms with Gasteiger partial charge in [0.1, 0.15) is 5.75 Å². The highest BCUT2D eigenvalue weighted by Crippen LogP contribution is 2.39. The number of hydrogen-bond acceptors (Lipinski definition) is 2. The number of hydrogen-bond donors (Lipinski definition) is 0. The lowest BCUT2D eigenvalue weighted by Crippen LogP contribution is -2.20. The van der Waals surface area contributed by atoms with Crippen molar-refractivity contribution < 1.29 is 18.3 Å². The van der Waals surface area contributed by atoms with Crippen LogP contribution in [-0.2, 0) is 6.42 Å². The molecule has 196 valence electrons. The van der Waals surface area contributed by atoms with E-state index in [0.717, 1.165) is 37.9 Å². The molecule has 4 rings (SSSR count). The van der Waals surface area contributed by atoms with E-state index >= 15 is 0 Å². The van der Waals surface area contributed by atoms with Crippen LogP contribution in [0.2, 0.25) is 0 Å². The van der Waals surface area contributed by atoms with E-state index < -0.39 is 11.6 Å². The number of benzene rings is 3. The highest BCUT2D eigenvalue weighted by molar-refractivity contribution is 5.64. The van der Waals surface area contributed by atoms with Crippen LogP contribution in [0.3, 0.4) is 0 Å². The van der Waals surface area contributed by atoms with Crippen molar-refractivity contribution >= 4 is 0 Å². The normalized spacial score (nSPS) is 17.7. The van der Waals surface area contributed by atoms with E-state index in [4.69, 9.17) is 9.47 Å². The number of allylic oxidation sites excluding steroid dienone is 1. The maximum absolute atomic E-state index is 14.7. The molecule has 37 heavy (non-hydrogen) atoms. The molecule has 0 bridgehead atoms. The molecule has 1 aliphatic rings. The van der Waals surface area contributed by atoms with Crippen molar-refractivity contribution in [3.8, 4) is 22.6 Å². The minimum Gasteiger partial charge on any atom is -0.493 e. The number of rotatable bonds is 11. The monoisotopic (exact) mass is 504 g/mol. The van der Waals surface area contributed by atoms with Gasteiger partial charge in [-0.3, -0.25) is 0 Å². The van der Waals surface area contributed by atoms with Gasteiger partial charge in [0.2, 0.25) is 5.82 Å². The Bertz CT molecular complexity index is 1140. The van der Waals surface area contributed by atoms with E-state index in [1.807, 2.05) is 12.1 Å². The Labute approximate surface area is 220 Å². The third kappa shape index (κ3) is 7.21. The molecule has 0 atom stereocenters. The number of unbranched alkanes of at least 4 members (excludes halogenated alkanes) is 2. The second kappa shape index (κ2) is 13.4. The van der Waals surface area contributed by atoms with Gasteiger partial charge in [-0.15, -0.1) is 0 Å². The van der Waals surface area contributed by atoms with Crippen molar-refractivity contribution in [2.45, 2.75) is 71.1 Å². The van der Waals surface area contributed by atoms with Crippen molar-refractivity contribution in [3.05, 3.63) is 95.8 Å². The first-order valence-corrected chi connectivity index (χ1v) is 13.7. The lowest BCUT2D eigenvalue weighted by molar-refractivity contribution is 0.199. The van der Waals surface area contributed by atoms with Crippen molar-refractivity contribution in [2.24, 2.45) is 5.92 Å². The predicted molar refractivity (Wildman–Crippen MR) is 147 cm³/mol. The molecule has 0 heterocycles. The molecule has 0 unspecified atom stereocenters. The van der Waals surface area contributed by atoms with Gasteiger partial charge < -0.3 is 9.47 Å². The molecule has 0 aromatic heterocycles. The van der Waals surface area contributed by atoms with Crippen molar-refractivity contribution in [1.82, 2.24) is 0 Å². The Morgan fingerprint density at radius 2 is 1.49 bits per heavy atom. The summed E-state index contributed by atoms with van der Waals surface area (Å²) in [4.78, 5) is 0.